The second-order valence-electron chi connectivity index (χ2n) is 5.31. The molecule has 0 aromatic heterocycles. The van der Waals surface area contributed by atoms with Gasteiger partial charge in [-0.15, -0.1) is 0 Å². The van der Waals surface area contributed by atoms with Crippen molar-refractivity contribution in [3.63, 3.8) is 0 Å². The molecular weight excluding hydrogens is 246 g/mol. The van der Waals surface area contributed by atoms with Gasteiger partial charge in [-0.1, -0.05) is 36.6 Å². The fourth-order valence-corrected chi connectivity index (χ4v) is 2.85. The van der Waals surface area contributed by atoms with Crippen LogP contribution >= 0.6 is 11.6 Å². The third-order valence-corrected chi connectivity index (χ3v) is 4.25. The third-order valence-electron chi connectivity index (χ3n) is 3.99. The summed E-state index contributed by atoms with van der Waals surface area (Å²) in [6, 6.07) is 7.90. The molecule has 0 spiro atoms. The number of aliphatic hydroxyl groups is 1. The lowest BCUT2D eigenvalue weighted by atomic mass is 9.99. The predicted octanol–water partition coefficient (Wildman–Crippen LogP) is 3.54. The van der Waals surface area contributed by atoms with E-state index in [0.29, 0.717) is 17.6 Å². The van der Waals surface area contributed by atoms with Gasteiger partial charge in [-0.3, -0.25) is 0 Å². The Hall–Kier alpha value is -0.570. The fraction of sp³-hybridized carbons (Fsp3) is 0.600. The Morgan fingerprint density at radius 1 is 1.28 bits per heavy atom. The van der Waals surface area contributed by atoms with E-state index in [4.69, 9.17) is 11.6 Å². The molecule has 1 aliphatic rings. The molecule has 1 unspecified atom stereocenters. The van der Waals surface area contributed by atoms with Crippen molar-refractivity contribution in [2.75, 3.05) is 6.54 Å². The van der Waals surface area contributed by atoms with Crippen LogP contribution in [0, 0.1) is 5.92 Å². The van der Waals surface area contributed by atoms with Gasteiger partial charge in [0.05, 0.1) is 6.10 Å². The standard InChI is InChI=1S/C15H22ClNO/c1-11(12-4-2-3-5-12)17-10-15(18)13-6-8-14(16)9-7-13/h6-9,11-12,15,17-18H,2-5,10H2,1H3/t11-,15?/m1/s1. The molecule has 2 rings (SSSR count). The molecule has 0 saturated heterocycles. The molecule has 2 atom stereocenters. The Bertz CT molecular complexity index is 359. The number of nitrogens with one attached hydrogen (secondary N) is 1. The van der Waals surface area contributed by atoms with Crippen LogP contribution in [-0.2, 0) is 0 Å². The van der Waals surface area contributed by atoms with Gasteiger partial charge in [-0.05, 0) is 43.4 Å². The minimum atomic E-state index is -0.453. The molecule has 100 valence electrons. The first-order valence-electron chi connectivity index (χ1n) is 6.83. The molecular formula is C15H22ClNO. The Morgan fingerprint density at radius 3 is 2.50 bits per heavy atom. The molecule has 2 N–H and O–H groups in total. The van der Waals surface area contributed by atoms with Crippen molar-refractivity contribution in [1.82, 2.24) is 5.32 Å². The maximum atomic E-state index is 10.1. The summed E-state index contributed by atoms with van der Waals surface area (Å²) in [4.78, 5) is 0. The largest absolute Gasteiger partial charge is 0.387 e. The highest BCUT2D eigenvalue weighted by Gasteiger charge is 2.21. The van der Waals surface area contributed by atoms with Gasteiger partial charge in [-0.25, -0.2) is 0 Å². The molecule has 1 aromatic carbocycles. The number of rotatable bonds is 5. The Labute approximate surface area is 114 Å². The van der Waals surface area contributed by atoms with Crippen molar-refractivity contribution < 1.29 is 5.11 Å². The van der Waals surface area contributed by atoms with Gasteiger partial charge in [0.15, 0.2) is 0 Å². The number of hydrogen-bond acceptors (Lipinski definition) is 2. The lowest BCUT2D eigenvalue weighted by Gasteiger charge is -2.22. The predicted molar refractivity (Wildman–Crippen MR) is 75.8 cm³/mol. The highest BCUT2D eigenvalue weighted by atomic mass is 35.5. The third kappa shape index (κ3) is 3.71. The average Bonchev–Trinajstić information content (AvgIpc) is 2.90. The molecule has 0 amide bonds. The van der Waals surface area contributed by atoms with Crippen molar-refractivity contribution in [3.05, 3.63) is 34.9 Å². The summed E-state index contributed by atoms with van der Waals surface area (Å²) < 4.78 is 0. The molecule has 1 aliphatic carbocycles. The summed E-state index contributed by atoms with van der Waals surface area (Å²) in [7, 11) is 0. The molecule has 0 aliphatic heterocycles. The van der Waals surface area contributed by atoms with Gasteiger partial charge >= 0.3 is 0 Å². The monoisotopic (exact) mass is 267 g/mol. The first-order chi connectivity index (χ1) is 8.66. The van der Waals surface area contributed by atoms with E-state index < -0.39 is 6.10 Å². The van der Waals surface area contributed by atoms with Crippen LogP contribution in [-0.4, -0.2) is 17.7 Å². The Morgan fingerprint density at radius 2 is 1.89 bits per heavy atom. The normalized spacial score (nSPS) is 19.9. The summed E-state index contributed by atoms with van der Waals surface area (Å²) in [6.07, 6.45) is 4.91. The molecule has 1 saturated carbocycles. The first-order valence-corrected chi connectivity index (χ1v) is 7.21. The minimum absolute atomic E-state index is 0.453. The first kappa shape index (κ1) is 13.9. The van der Waals surface area contributed by atoms with E-state index in [9.17, 15) is 5.11 Å². The van der Waals surface area contributed by atoms with E-state index in [1.807, 2.05) is 24.3 Å². The molecule has 0 bridgehead atoms. The number of benzene rings is 1. The zero-order chi connectivity index (χ0) is 13.0. The number of halogens is 1. The van der Waals surface area contributed by atoms with Crippen molar-refractivity contribution in [2.45, 2.75) is 44.8 Å². The Balaban J connectivity index is 1.80. The van der Waals surface area contributed by atoms with Gasteiger partial charge in [0, 0.05) is 17.6 Å². The smallest absolute Gasteiger partial charge is 0.0914 e. The van der Waals surface area contributed by atoms with Gasteiger partial charge in [0.2, 0.25) is 0 Å². The second kappa shape index (κ2) is 6.55. The van der Waals surface area contributed by atoms with Crippen LogP contribution in [0.1, 0.15) is 44.3 Å². The zero-order valence-corrected chi connectivity index (χ0v) is 11.7. The van der Waals surface area contributed by atoms with Crippen LogP contribution in [0.2, 0.25) is 5.02 Å². The topological polar surface area (TPSA) is 32.3 Å². The molecule has 0 radical (unpaired) electrons. The van der Waals surface area contributed by atoms with Gasteiger partial charge in [0.1, 0.15) is 0 Å². The minimum Gasteiger partial charge on any atom is -0.387 e. The lowest BCUT2D eigenvalue weighted by molar-refractivity contribution is 0.165. The van der Waals surface area contributed by atoms with Gasteiger partial charge < -0.3 is 10.4 Å². The van der Waals surface area contributed by atoms with Crippen LogP contribution in [0.15, 0.2) is 24.3 Å². The van der Waals surface area contributed by atoms with E-state index in [0.717, 1.165) is 11.5 Å². The summed E-state index contributed by atoms with van der Waals surface area (Å²) in [5.74, 6) is 0.780. The molecule has 3 heteroatoms. The van der Waals surface area contributed by atoms with E-state index in [1.165, 1.54) is 25.7 Å². The lowest BCUT2D eigenvalue weighted by Crippen LogP contribution is -2.35. The van der Waals surface area contributed by atoms with Crippen molar-refractivity contribution in [3.8, 4) is 0 Å². The molecule has 0 heterocycles. The maximum Gasteiger partial charge on any atom is 0.0914 e. The quantitative estimate of drug-likeness (QED) is 0.855. The zero-order valence-electron chi connectivity index (χ0n) is 10.9. The van der Waals surface area contributed by atoms with Crippen molar-refractivity contribution in [1.29, 1.82) is 0 Å². The van der Waals surface area contributed by atoms with Crippen LogP contribution in [0.5, 0.6) is 0 Å². The molecule has 2 nitrogen and oxygen atoms in total. The Kier molecular flexibility index (Phi) is 5.04. The van der Waals surface area contributed by atoms with Gasteiger partial charge in [0.25, 0.3) is 0 Å². The molecule has 18 heavy (non-hydrogen) atoms. The maximum absolute atomic E-state index is 10.1. The van der Waals surface area contributed by atoms with E-state index >= 15 is 0 Å². The summed E-state index contributed by atoms with van der Waals surface area (Å²) >= 11 is 5.83. The summed E-state index contributed by atoms with van der Waals surface area (Å²) in [5.41, 5.74) is 0.922. The molecule has 1 fully saturated rings. The summed E-state index contributed by atoms with van der Waals surface area (Å²) in [5, 5.41) is 14.3. The van der Waals surface area contributed by atoms with E-state index in [2.05, 4.69) is 12.2 Å². The summed E-state index contributed by atoms with van der Waals surface area (Å²) in [6.45, 7) is 2.84. The fourth-order valence-electron chi connectivity index (χ4n) is 2.72. The molecule has 1 aromatic rings. The highest BCUT2D eigenvalue weighted by Crippen LogP contribution is 2.27. The second-order valence-corrected chi connectivity index (χ2v) is 5.75. The van der Waals surface area contributed by atoms with E-state index in [1.54, 1.807) is 0 Å². The van der Waals surface area contributed by atoms with Crippen LogP contribution in [0.25, 0.3) is 0 Å². The number of hydrogen-bond donors (Lipinski definition) is 2. The average molecular weight is 268 g/mol. The number of aliphatic hydroxyl groups excluding tert-OH is 1. The van der Waals surface area contributed by atoms with Crippen molar-refractivity contribution in [2.24, 2.45) is 5.92 Å². The SMILES string of the molecule is C[C@@H](NCC(O)c1ccc(Cl)cc1)C1CCCC1. The van der Waals surface area contributed by atoms with Gasteiger partial charge in [-0.2, -0.15) is 0 Å². The van der Waals surface area contributed by atoms with Crippen LogP contribution in [0.4, 0.5) is 0 Å². The van der Waals surface area contributed by atoms with Crippen molar-refractivity contribution >= 4 is 11.6 Å². The van der Waals surface area contributed by atoms with Crippen LogP contribution in [0.3, 0.4) is 0 Å². The highest BCUT2D eigenvalue weighted by molar-refractivity contribution is 6.30. The van der Waals surface area contributed by atoms with Crippen LogP contribution < -0.4 is 5.32 Å². The van der Waals surface area contributed by atoms with E-state index in [-0.39, 0.29) is 0 Å².